The van der Waals surface area contributed by atoms with Crippen LogP contribution in [-0.4, -0.2) is 19.7 Å². The van der Waals surface area contributed by atoms with Gasteiger partial charge in [-0.2, -0.15) is 0 Å². The van der Waals surface area contributed by atoms with E-state index in [4.69, 9.17) is 16.3 Å². The molecule has 0 unspecified atom stereocenters. The van der Waals surface area contributed by atoms with Gasteiger partial charge in [0, 0.05) is 30.9 Å². The maximum Gasteiger partial charge on any atom is 0.124 e. The Labute approximate surface area is 178 Å². The molecule has 0 saturated carbocycles. The summed E-state index contributed by atoms with van der Waals surface area (Å²) in [5.74, 6) is 0.953. The Morgan fingerprint density at radius 3 is 2.62 bits per heavy atom. The first kappa shape index (κ1) is 19.9. The molecule has 0 bridgehead atoms. The molecule has 4 rings (SSSR count). The fourth-order valence-electron chi connectivity index (χ4n) is 4.04. The van der Waals surface area contributed by atoms with Crippen molar-refractivity contribution in [3.63, 3.8) is 0 Å². The molecule has 152 valence electrons. The van der Waals surface area contributed by atoms with Gasteiger partial charge in [-0.3, -0.25) is 0 Å². The lowest BCUT2D eigenvalue weighted by Gasteiger charge is -2.29. The summed E-state index contributed by atoms with van der Waals surface area (Å²) in [6.45, 7) is 5.74. The van der Waals surface area contributed by atoms with Crippen molar-refractivity contribution in [1.82, 2.24) is 0 Å². The third-order valence-electron chi connectivity index (χ3n) is 5.57. The number of hydrogen-bond acceptors (Lipinski definition) is 3. The number of halogens is 1. The molecule has 4 heteroatoms. The van der Waals surface area contributed by atoms with E-state index in [-0.39, 0.29) is 0 Å². The quantitative estimate of drug-likeness (QED) is 0.460. The maximum absolute atomic E-state index is 6.63. The Morgan fingerprint density at radius 2 is 1.83 bits per heavy atom. The Hall–Kier alpha value is -2.39. The van der Waals surface area contributed by atoms with Crippen LogP contribution in [0, 0.1) is 0 Å². The van der Waals surface area contributed by atoms with Crippen molar-refractivity contribution in [2.75, 3.05) is 29.9 Å². The molecule has 1 aliphatic rings. The molecular formula is C25H29ClN2O. The van der Waals surface area contributed by atoms with Gasteiger partial charge in [0.05, 0.1) is 17.3 Å². The summed E-state index contributed by atoms with van der Waals surface area (Å²) in [5, 5.41) is 6.83. The summed E-state index contributed by atoms with van der Waals surface area (Å²) in [4.78, 5) is 2.40. The minimum absolute atomic E-state index is 0.694. The first-order valence-electron chi connectivity index (χ1n) is 10.7. The molecular weight excluding hydrogens is 380 g/mol. The van der Waals surface area contributed by atoms with Gasteiger partial charge in [0.25, 0.3) is 0 Å². The zero-order valence-electron chi connectivity index (χ0n) is 17.1. The van der Waals surface area contributed by atoms with Crippen molar-refractivity contribution >= 4 is 33.7 Å². The summed E-state index contributed by atoms with van der Waals surface area (Å²) >= 11 is 6.63. The average Bonchev–Trinajstić information content (AvgIpc) is 2.77. The van der Waals surface area contributed by atoms with Crippen molar-refractivity contribution < 1.29 is 4.74 Å². The van der Waals surface area contributed by atoms with E-state index >= 15 is 0 Å². The van der Waals surface area contributed by atoms with Gasteiger partial charge < -0.3 is 15.0 Å². The molecule has 1 saturated heterocycles. The SMILES string of the molecule is CCCOc1ccc2ccccc2c1CNc1ccc(N2CCCCC2)c(Cl)c1. The van der Waals surface area contributed by atoms with Crippen LogP contribution in [0.3, 0.4) is 0 Å². The lowest BCUT2D eigenvalue weighted by molar-refractivity contribution is 0.315. The van der Waals surface area contributed by atoms with Gasteiger partial charge in [0.2, 0.25) is 0 Å². The van der Waals surface area contributed by atoms with E-state index in [0.29, 0.717) is 6.54 Å². The van der Waals surface area contributed by atoms with Crippen LogP contribution in [0.15, 0.2) is 54.6 Å². The van der Waals surface area contributed by atoms with Crippen LogP contribution < -0.4 is 15.0 Å². The predicted octanol–water partition coefficient (Wildman–Crippen LogP) is 6.88. The minimum Gasteiger partial charge on any atom is -0.493 e. The van der Waals surface area contributed by atoms with Crippen LogP contribution >= 0.6 is 11.6 Å². The molecule has 0 spiro atoms. The number of anilines is 2. The predicted molar refractivity (Wildman–Crippen MR) is 125 cm³/mol. The van der Waals surface area contributed by atoms with Gasteiger partial charge >= 0.3 is 0 Å². The second-order valence-corrected chi connectivity index (χ2v) is 8.09. The fraction of sp³-hybridized carbons (Fsp3) is 0.360. The largest absolute Gasteiger partial charge is 0.493 e. The van der Waals surface area contributed by atoms with E-state index in [1.807, 2.05) is 6.07 Å². The molecule has 0 aliphatic carbocycles. The van der Waals surface area contributed by atoms with Gasteiger partial charge in [-0.1, -0.05) is 48.9 Å². The highest BCUT2D eigenvalue weighted by atomic mass is 35.5. The highest BCUT2D eigenvalue weighted by Crippen LogP contribution is 2.33. The van der Waals surface area contributed by atoms with Crippen LogP contribution in [0.5, 0.6) is 5.75 Å². The van der Waals surface area contributed by atoms with Crippen LogP contribution in [0.4, 0.5) is 11.4 Å². The molecule has 0 aromatic heterocycles. The van der Waals surface area contributed by atoms with Gasteiger partial charge in [0.15, 0.2) is 0 Å². The van der Waals surface area contributed by atoms with Crippen LogP contribution in [0.1, 0.15) is 38.2 Å². The molecule has 3 aromatic rings. The summed E-state index contributed by atoms with van der Waals surface area (Å²) in [6.07, 6.45) is 4.81. The lowest BCUT2D eigenvalue weighted by atomic mass is 10.0. The zero-order valence-corrected chi connectivity index (χ0v) is 17.8. The molecule has 0 amide bonds. The van der Waals surface area contributed by atoms with Gasteiger partial charge in [0.1, 0.15) is 5.75 Å². The van der Waals surface area contributed by atoms with E-state index in [9.17, 15) is 0 Å². The highest BCUT2D eigenvalue weighted by Gasteiger charge is 2.14. The molecule has 1 fully saturated rings. The first-order chi connectivity index (χ1) is 14.3. The number of hydrogen-bond donors (Lipinski definition) is 1. The number of fused-ring (bicyclic) bond motifs is 1. The van der Waals surface area contributed by atoms with E-state index in [1.54, 1.807) is 0 Å². The molecule has 0 atom stereocenters. The third kappa shape index (κ3) is 4.62. The van der Waals surface area contributed by atoms with Crippen molar-refractivity contribution in [3.05, 3.63) is 65.2 Å². The monoisotopic (exact) mass is 408 g/mol. The standard InChI is InChI=1S/C25H29ClN2O/c1-2-16-29-25-13-10-19-8-4-5-9-21(19)22(25)18-27-20-11-12-24(23(26)17-20)28-14-6-3-7-15-28/h4-5,8-13,17,27H,2-3,6-7,14-16,18H2,1H3. The normalized spacial score (nSPS) is 14.2. The van der Waals surface area contributed by atoms with Crippen molar-refractivity contribution in [2.24, 2.45) is 0 Å². The summed E-state index contributed by atoms with van der Waals surface area (Å²) in [6, 6.07) is 19.0. The number of piperidine rings is 1. The number of ether oxygens (including phenoxy) is 1. The second-order valence-electron chi connectivity index (χ2n) is 7.68. The third-order valence-corrected chi connectivity index (χ3v) is 5.88. The Bertz CT molecular complexity index is 966. The summed E-state index contributed by atoms with van der Waals surface area (Å²) < 4.78 is 6.03. The number of nitrogens with one attached hydrogen (secondary N) is 1. The first-order valence-corrected chi connectivity index (χ1v) is 11.1. The smallest absolute Gasteiger partial charge is 0.124 e. The molecule has 0 radical (unpaired) electrons. The number of nitrogens with zero attached hydrogens (tertiary/aromatic N) is 1. The van der Waals surface area contributed by atoms with Gasteiger partial charge in [-0.25, -0.2) is 0 Å². The van der Waals surface area contributed by atoms with E-state index in [2.05, 4.69) is 65.7 Å². The van der Waals surface area contributed by atoms with E-state index < -0.39 is 0 Å². The Kier molecular flexibility index (Phi) is 6.46. The summed E-state index contributed by atoms with van der Waals surface area (Å²) in [7, 11) is 0. The average molecular weight is 409 g/mol. The molecule has 1 heterocycles. The second kappa shape index (κ2) is 9.41. The molecule has 3 aromatic carbocycles. The molecule has 29 heavy (non-hydrogen) atoms. The van der Waals surface area contributed by atoms with Gasteiger partial charge in [-0.05, 0) is 60.7 Å². The highest BCUT2D eigenvalue weighted by molar-refractivity contribution is 6.33. The number of rotatable bonds is 7. The van der Waals surface area contributed by atoms with Crippen molar-refractivity contribution in [1.29, 1.82) is 0 Å². The maximum atomic E-state index is 6.63. The molecule has 1 aliphatic heterocycles. The van der Waals surface area contributed by atoms with E-state index in [1.165, 1.54) is 35.6 Å². The van der Waals surface area contributed by atoms with Crippen LogP contribution in [-0.2, 0) is 6.54 Å². The minimum atomic E-state index is 0.694. The lowest BCUT2D eigenvalue weighted by Crippen LogP contribution is -2.29. The van der Waals surface area contributed by atoms with Crippen LogP contribution in [0.25, 0.3) is 10.8 Å². The zero-order chi connectivity index (χ0) is 20.1. The van der Waals surface area contributed by atoms with Crippen molar-refractivity contribution in [2.45, 2.75) is 39.2 Å². The van der Waals surface area contributed by atoms with Crippen LogP contribution in [0.2, 0.25) is 5.02 Å². The number of benzene rings is 3. The molecule has 3 nitrogen and oxygen atoms in total. The van der Waals surface area contributed by atoms with Crippen molar-refractivity contribution in [3.8, 4) is 5.75 Å². The Balaban J connectivity index is 1.55. The Morgan fingerprint density at radius 1 is 1.00 bits per heavy atom. The van der Waals surface area contributed by atoms with E-state index in [0.717, 1.165) is 48.3 Å². The summed E-state index contributed by atoms with van der Waals surface area (Å²) in [5.41, 5.74) is 3.37. The topological polar surface area (TPSA) is 24.5 Å². The molecule has 1 N–H and O–H groups in total. The fourth-order valence-corrected chi connectivity index (χ4v) is 4.34. The van der Waals surface area contributed by atoms with Gasteiger partial charge in [-0.15, -0.1) is 0 Å².